The first-order valence-corrected chi connectivity index (χ1v) is 9.16. The number of likely N-dealkylation sites (tertiary alicyclic amines) is 1. The summed E-state index contributed by atoms with van der Waals surface area (Å²) in [5.74, 6) is 0.970. The summed E-state index contributed by atoms with van der Waals surface area (Å²) in [6.45, 7) is 3.18. The molecular formula is C17H21N5S. The topological polar surface area (TPSA) is 46.3 Å². The predicted octanol–water partition coefficient (Wildman–Crippen LogP) is 3.15. The molecule has 4 rings (SSSR count). The second-order valence-corrected chi connectivity index (χ2v) is 7.20. The molecule has 1 aliphatic rings. The summed E-state index contributed by atoms with van der Waals surface area (Å²) >= 11 is 1.64. The Kier molecular flexibility index (Phi) is 4.35. The van der Waals surface area contributed by atoms with E-state index in [1.165, 1.54) is 31.2 Å². The molecular weight excluding hydrogens is 306 g/mol. The first-order chi connectivity index (χ1) is 11.4. The smallest absolute Gasteiger partial charge is 0.234 e. The first-order valence-electron chi connectivity index (χ1n) is 8.35. The summed E-state index contributed by atoms with van der Waals surface area (Å²) in [5.41, 5.74) is 1.28. The van der Waals surface area contributed by atoms with E-state index >= 15 is 0 Å². The molecule has 0 bridgehead atoms. The molecule has 3 aromatic rings. The van der Waals surface area contributed by atoms with Crippen molar-refractivity contribution in [2.45, 2.75) is 38.6 Å². The van der Waals surface area contributed by atoms with Crippen LogP contribution in [-0.4, -0.2) is 37.8 Å². The van der Waals surface area contributed by atoms with Gasteiger partial charge in [-0.1, -0.05) is 54.5 Å². The quantitative estimate of drug-likeness (QED) is 0.738. The van der Waals surface area contributed by atoms with E-state index in [-0.39, 0.29) is 0 Å². The van der Waals surface area contributed by atoms with Crippen molar-refractivity contribution in [3.05, 3.63) is 46.7 Å². The van der Waals surface area contributed by atoms with E-state index in [1.807, 2.05) is 10.6 Å². The molecule has 1 aliphatic heterocycles. The number of hydrogen-bond acceptors (Lipinski definition) is 5. The van der Waals surface area contributed by atoms with Gasteiger partial charge in [0.2, 0.25) is 4.96 Å². The lowest BCUT2D eigenvalue weighted by Crippen LogP contribution is -2.25. The average Bonchev–Trinajstić information content (AvgIpc) is 3.01. The van der Waals surface area contributed by atoms with Gasteiger partial charge in [0.05, 0.1) is 6.54 Å². The lowest BCUT2D eigenvalue weighted by Gasteiger charge is -2.17. The van der Waals surface area contributed by atoms with Gasteiger partial charge in [-0.2, -0.15) is 9.61 Å². The summed E-state index contributed by atoms with van der Waals surface area (Å²) in [5, 5.41) is 14.5. The lowest BCUT2D eigenvalue weighted by molar-refractivity contribution is 0.268. The molecule has 2 aromatic heterocycles. The predicted molar refractivity (Wildman–Crippen MR) is 91.7 cm³/mol. The Morgan fingerprint density at radius 1 is 0.957 bits per heavy atom. The van der Waals surface area contributed by atoms with Gasteiger partial charge in [-0.15, -0.1) is 10.2 Å². The number of rotatable bonds is 4. The Morgan fingerprint density at radius 2 is 1.74 bits per heavy atom. The number of fused-ring (bicyclic) bond motifs is 1. The first kappa shape index (κ1) is 14.8. The van der Waals surface area contributed by atoms with Crippen molar-refractivity contribution in [2.24, 2.45) is 0 Å². The Hall–Kier alpha value is -1.79. The summed E-state index contributed by atoms with van der Waals surface area (Å²) in [6.07, 6.45) is 6.14. The molecule has 0 aliphatic carbocycles. The van der Waals surface area contributed by atoms with Gasteiger partial charge in [0.25, 0.3) is 0 Å². The number of aromatic nitrogens is 4. The monoisotopic (exact) mass is 327 g/mol. The van der Waals surface area contributed by atoms with Gasteiger partial charge in [0.1, 0.15) is 5.01 Å². The Balaban J connectivity index is 1.52. The number of benzene rings is 1. The molecule has 0 N–H and O–H groups in total. The fourth-order valence-corrected chi connectivity index (χ4v) is 4.02. The maximum Gasteiger partial charge on any atom is 0.234 e. The van der Waals surface area contributed by atoms with Gasteiger partial charge in [0.15, 0.2) is 5.82 Å². The van der Waals surface area contributed by atoms with Crippen LogP contribution in [0.15, 0.2) is 30.3 Å². The van der Waals surface area contributed by atoms with Crippen LogP contribution in [0.5, 0.6) is 0 Å². The van der Waals surface area contributed by atoms with E-state index < -0.39 is 0 Å². The van der Waals surface area contributed by atoms with E-state index in [4.69, 9.17) is 5.10 Å². The van der Waals surface area contributed by atoms with Crippen molar-refractivity contribution in [3.63, 3.8) is 0 Å². The average molecular weight is 327 g/mol. The molecule has 0 saturated carbocycles. The molecule has 1 aromatic carbocycles. The van der Waals surface area contributed by atoms with Crippen LogP contribution in [0.3, 0.4) is 0 Å². The van der Waals surface area contributed by atoms with Gasteiger partial charge in [-0.3, -0.25) is 4.90 Å². The molecule has 0 amide bonds. The molecule has 120 valence electrons. The maximum atomic E-state index is 4.74. The second-order valence-electron chi connectivity index (χ2n) is 6.16. The fraction of sp³-hybridized carbons (Fsp3) is 0.471. The van der Waals surface area contributed by atoms with Gasteiger partial charge in [-0.25, -0.2) is 0 Å². The maximum absolute atomic E-state index is 4.74. The fourth-order valence-electron chi connectivity index (χ4n) is 3.13. The normalized spacial score (nSPS) is 16.7. The van der Waals surface area contributed by atoms with Crippen LogP contribution >= 0.6 is 11.3 Å². The Morgan fingerprint density at radius 3 is 2.52 bits per heavy atom. The zero-order valence-corrected chi connectivity index (χ0v) is 14.0. The third-order valence-electron chi connectivity index (χ3n) is 4.36. The summed E-state index contributed by atoms with van der Waals surface area (Å²) < 4.78 is 1.94. The third kappa shape index (κ3) is 3.43. The summed E-state index contributed by atoms with van der Waals surface area (Å²) in [7, 11) is 0. The lowest BCUT2D eigenvalue weighted by atomic mass is 10.2. The zero-order valence-electron chi connectivity index (χ0n) is 13.2. The minimum absolute atomic E-state index is 0.857. The number of hydrogen-bond donors (Lipinski definition) is 0. The number of nitrogens with zero attached hydrogens (tertiary/aromatic N) is 5. The molecule has 5 nitrogen and oxygen atoms in total. The van der Waals surface area contributed by atoms with Crippen LogP contribution in [0, 0.1) is 0 Å². The van der Waals surface area contributed by atoms with E-state index in [0.29, 0.717) is 0 Å². The standard InChI is InChI=1S/C17H21N5S/c1-2-7-11-21(10-6-1)13-15-18-19-17-22(15)20-16(23-17)12-14-8-4-3-5-9-14/h3-5,8-9H,1-2,6-7,10-13H2. The second kappa shape index (κ2) is 6.76. The van der Waals surface area contributed by atoms with Gasteiger partial charge >= 0.3 is 0 Å². The van der Waals surface area contributed by atoms with Crippen molar-refractivity contribution >= 4 is 16.3 Å². The third-order valence-corrected chi connectivity index (χ3v) is 5.26. The van der Waals surface area contributed by atoms with Gasteiger partial charge in [-0.05, 0) is 31.5 Å². The van der Waals surface area contributed by atoms with Crippen LogP contribution in [-0.2, 0) is 13.0 Å². The van der Waals surface area contributed by atoms with Crippen molar-refractivity contribution in [2.75, 3.05) is 13.1 Å². The zero-order chi connectivity index (χ0) is 15.5. The minimum Gasteiger partial charge on any atom is -0.296 e. The molecule has 0 spiro atoms. The SMILES string of the molecule is c1ccc(Cc2nn3c(CN4CCCCCC4)nnc3s2)cc1. The molecule has 0 radical (unpaired) electrons. The highest BCUT2D eigenvalue weighted by Crippen LogP contribution is 2.19. The molecule has 1 saturated heterocycles. The van der Waals surface area contributed by atoms with E-state index in [1.54, 1.807) is 11.3 Å². The van der Waals surface area contributed by atoms with E-state index in [2.05, 4.69) is 39.4 Å². The van der Waals surface area contributed by atoms with Crippen molar-refractivity contribution in [3.8, 4) is 0 Å². The van der Waals surface area contributed by atoms with E-state index in [0.717, 1.165) is 41.8 Å². The Bertz CT molecular complexity index is 756. The van der Waals surface area contributed by atoms with Crippen molar-refractivity contribution < 1.29 is 0 Å². The highest BCUT2D eigenvalue weighted by Gasteiger charge is 2.16. The van der Waals surface area contributed by atoms with Crippen LogP contribution in [0.25, 0.3) is 4.96 Å². The van der Waals surface area contributed by atoms with Crippen molar-refractivity contribution in [1.29, 1.82) is 0 Å². The van der Waals surface area contributed by atoms with E-state index in [9.17, 15) is 0 Å². The summed E-state index contributed by atoms with van der Waals surface area (Å²) in [6, 6.07) is 10.5. The molecule has 6 heteroatoms. The van der Waals surface area contributed by atoms with Crippen LogP contribution in [0.1, 0.15) is 42.1 Å². The minimum atomic E-state index is 0.857. The van der Waals surface area contributed by atoms with Gasteiger partial charge in [0, 0.05) is 6.42 Å². The molecule has 3 heterocycles. The largest absolute Gasteiger partial charge is 0.296 e. The summed E-state index contributed by atoms with van der Waals surface area (Å²) in [4.78, 5) is 3.39. The molecule has 1 fully saturated rings. The molecule has 23 heavy (non-hydrogen) atoms. The van der Waals surface area contributed by atoms with Gasteiger partial charge < -0.3 is 0 Å². The Labute approximate surface area is 140 Å². The van der Waals surface area contributed by atoms with Crippen LogP contribution in [0.2, 0.25) is 0 Å². The highest BCUT2D eigenvalue weighted by atomic mass is 32.1. The van der Waals surface area contributed by atoms with Crippen molar-refractivity contribution in [1.82, 2.24) is 24.7 Å². The molecule has 0 unspecified atom stereocenters. The highest BCUT2D eigenvalue weighted by molar-refractivity contribution is 7.16. The molecule has 0 atom stereocenters. The van der Waals surface area contributed by atoms with Crippen LogP contribution < -0.4 is 0 Å². The van der Waals surface area contributed by atoms with Crippen LogP contribution in [0.4, 0.5) is 0 Å².